The van der Waals surface area contributed by atoms with Gasteiger partial charge in [0, 0.05) is 25.4 Å². The second-order valence-electron chi connectivity index (χ2n) is 7.16. The Morgan fingerprint density at radius 1 is 1.15 bits per heavy atom. The van der Waals surface area contributed by atoms with Crippen molar-refractivity contribution < 1.29 is 14.7 Å². The predicted octanol–water partition coefficient (Wildman–Crippen LogP) is 2.43. The van der Waals surface area contributed by atoms with Gasteiger partial charge in [-0.3, -0.25) is 14.6 Å². The maximum absolute atomic E-state index is 12.9. The lowest BCUT2D eigenvalue weighted by Gasteiger charge is -2.21. The molecule has 0 aliphatic heterocycles. The predicted molar refractivity (Wildman–Crippen MR) is 103 cm³/mol. The van der Waals surface area contributed by atoms with E-state index in [9.17, 15) is 14.7 Å². The minimum Gasteiger partial charge on any atom is -0.396 e. The van der Waals surface area contributed by atoms with Crippen molar-refractivity contribution in [3.63, 3.8) is 0 Å². The van der Waals surface area contributed by atoms with Crippen molar-refractivity contribution in [2.75, 3.05) is 6.61 Å². The number of hydrogen-bond acceptors (Lipinski definition) is 5. The third-order valence-corrected chi connectivity index (χ3v) is 4.33. The normalized spacial score (nSPS) is 13.2. The van der Waals surface area contributed by atoms with Gasteiger partial charge >= 0.3 is 0 Å². The summed E-state index contributed by atoms with van der Waals surface area (Å²) in [5.41, 5.74) is 1.13. The van der Waals surface area contributed by atoms with Crippen LogP contribution in [-0.2, 0) is 11.2 Å². The molecule has 1 amide bonds. The molecule has 1 aromatic heterocycles. The van der Waals surface area contributed by atoms with Crippen LogP contribution < -0.4 is 5.32 Å². The smallest absolute Gasteiger partial charge is 0.272 e. The summed E-state index contributed by atoms with van der Waals surface area (Å²) in [6, 6.07) is 8.87. The summed E-state index contributed by atoms with van der Waals surface area (Å²) in [6.07, 6.45) is 5.68. The van der Waals surface area contributed by atoms with Crippen LogP contribution in [0.1, 0.15) is 42.7 Å². The highest BCUT2D eigenvalue weighted by Gasteiger charge is 2.25. The fraction of sp³-hybridized carbons (Fsp3) is 0.429. The molecule has 0 aliphatic carbocycles. The number of carbonyl (C=O) groups excluding carboxylic acids is 2. The van der Waals surface area contributed by atoms with Crippen LogP contribution in [0.3, 0.4) is 0 Å². The van der Waals surface area contributed by atoms with Crippen LogP contribution in [0.25, 0.3) is 0 Å². The van der Waals surface area contributed by atoms with Crippen molar-refractivity contribution in [2.24, 2.45) is 11.8 Å². The number of aliphatic hydroxyl groups excluding tert-OH is 1. The highest BCUT2D eigenvalue weighted by molar-refractivity contribution is 5.96. The minimum atomic E-state index is -0.678. The number of ketones is 1. The molecule has 2 aromatic rings. The summed E-state index contributed by atoms with van der Waals surface area (Å²) in [6.45, 7) is 4.08. The first-order valence-corrected chi connectivity index (χ1v) is 9.24. The van der Waals surface area contributed by atoms with E-state index in [4.69, 9.17) is 0 Å². The zero-order valence-corrected chi connectivity index (χ0v) is 15.8. The fourth-order valence-corrected chi connectivity index (χ4v) is 3.06. The van der Waals surface area contributed by atoms with Gasteiger partial charge in [0.1, 0.15) is 5.69 Å². The number of aromatic nitrogens is 2. The summed E-state index contributed by atoms with van der Waals surface area (Å²) >= 11 is 0. The summed E-state index contributed by atoms with van der Waals surface area (Å²) in [5, 5.41) is 12.4. The first-order chi connectivity index (χ1) is 13.0. The maximum Gasteiger partial charge on any atom is 0.272 e. The third-order valence-electron chi connectivity index (χ3n) is 4.33. The molecular formula is C21H27N3O3. The molecule has 6 nitrogen and oxygen atoms in total. The third kappa shape index (κ3) is 6.90. The van der Waals surface area contributed by atoms with E-state index in [1.54, 1.807) is 0 Å². The van der Waals surface area contributed by atoms with Crippen LogP contribution in [-0.4, -0.2) is 39.4 Å². The summed E-state index contributed by atoms with van der Waals surface area (Å²) in [4.78, 5) is 33.3. The number of nitrogens with one attached hydrogen (secondary N) is 1. The molecule has 27 heavy (non-hydrogen) atoms. The van der Waals surface area contributed by atoms with Gasteiger partial charge in [-0.05, 0) is 30.2 Å². The first-order valence-electron chi connectivity index (χ1n) is 9.24. The van der Waals surface area contributed by atoms with Crippen LogP contribution >= 0.6 is 0 Å². The molecule has 0 spiro atoms. The topological polar surface area (TPSA) is 92.2 Å². The highest BCUT2D eigenvalue weighted by Crippen LogP contribution is 2.17. The van der Waals surface area contributed by atoms with Gasteiger partial charge in [-0.25, -0.2) is 4.98 Å². The summed E-state index contributed by atoms with van der Waals surface area (Å²) < 4.78 is 0. The van der Waals surface area contributed by atoms with Crippen molar-refractivity contribution >= 4 is 11.7 Å². The van der Waals surface area contributed by atoms with Crippen molar-refractivity contribution in [3.8, 4) is 0 Å². The number of rotatable bonds is 10. The van der Waals surface area contributed by atoms with Gasteiger partial charge in [0.25, 0.3) is 5.91 Å². The average Bonchev–Trinajstić information content (AvgIpc) is 2.68. The molecule has 0 bridgehead atoms. The van der Waals surface area contributed by atoms with Gasteiger partial charge in [-0.2, -0.15) is 0 Å². The second kappa shape index (κ2) is 10.5. The molecule has 0 aliphatic rings. The molecule has 0 saturated carbocycles. The molecule has 1 heterocycles. The number of Topliss-reactive ketones (excluding diaryl/α,β-unsaturated/α-hetero) is 1. The molecule has 0 fully saturated rings. The van der Waals surface area contributed by atoms with E-state index in [0.717, 1.165) is 12.0 Å². The highest BCUT2D eigenvalue weighted by atomic mass is 16.3. The molecule has 144 valence electrons. The van der Waals surface area contributed by atoms with E-state index in [0.29, 0.717) is 12.3 Å². The molecular weight excluding hydrogens is 342 g/mol. The van der Waals surface area contributed by atoms with Crippen LogP contribution in [0, 0.1) is 11.8 Å². The molecule has 6 heteroatoms. The molecule has 0 unspecified atom stereocenters. The van der Waals surface area contributed by atoms with Crippen molar-refractivity contribution in [1.29, 1.82) is 0 Å². The molecule has 0 radical (unpaired) electrons. The van der Waals surface area contributed by atoms with Crippen molar-refractivity contribution in [1.82, 2.24) is 15.3 Å². The maximum atomic E-state index is 12.9. The van der Waals surface area contributed by atoms with Gasteiger partial charge in [0.15, 0.2) is 5.78 Å². The van der Waals surface area contributed by atoms with Crippen molar-refractivity contribution in [3.05, 3.63) is 60.2 Å². The number of nitrogens with zero attached hydrogens (tertiary/aromatic N) is 2. The van der Waals surface area contributed by atoms with Gasteiger partial charge in [-0.1, -0.05) is 44.2 Å². The number of benzene rings is 1. The van der Waals surface area contributed by atoms with E-state index in [1.165, 1.54) is 18.6 Å². The fourth-order valence-electron chi connectivity index (χ4n) is 3.06. The molecule has 2 atom stereocenters. The Morgan fingerprint density at radius 3 is 2.48 bits per heavy atom. The van der Waals surface area contributed by atoms with Crippen LogP contribution in [0.4, 0.5) is 0 Å². The van der Waals surface area contributed by atoms with Gasteiger partial charge in [0.05, 0.1) is 12.2 Å². The minimum absolute atomic E-state index is 0.0416. The standard InChI is InChI=1S/C21H27N3O3/c1-15(2)10-17(14-25)12-20(26)18(11-16-6-4-3-5-7-16)24-21(27)19-13-22-8-9-23-19/h3-9,13,15,17-18,25H,10-12,14H2,1-2H3,(H,24,27)/t17-,18+/m1/s1. The van der Waals surface area contributed by atoms with E-state index >= 15 is 0 Å². The molecule has 2 rings (SSSR count). The monoisotopic (exact) mass is 369 g/mol. The van der Waals surface area contributed by atoms with E-state index < -0.39 is 11.9 Å². The Morgan fingerprint density at radius 2 is 1.89 bits per heavy atom. The zero-order valence-electron chi connectivity index (χ0n) is 15.8. The molecule has 1 aromatic carbocycles. The molecule has 2 N–H and O–H groups in total. The van der Waals surface area contributed by atoms with Gasteiger partial charge in [-0.15, -0.1) is 0 Å². The zero-order chi connectivity index (χ0) is 19.6. The van der Waals surface area contributed by atoms with E-state index in [1.807, 2.05) is 30.3 Å². The quantitative estimate of drug-likeness (QED) is 0.671. The van der Waals surface area contributed by atoms with Crippen LogP contribution in [0.2, 0.25) is 0 Å². The first kappa shape index (κ1) is 20.7. The Bertz CT molecular complexity index is 720. The summed E-state index contributed by atoms with van der Waals surface area (Å²) in [7, 11) is 0. The largest absolute Gasteiger partial charge is 0.396 e. The van der Waals surface area contributed by atoms with Gasteiger partial charge < -0.3 is 10.4 Å². The average molecular weight is 369 g/mol. The lowest BCUT2D eigenvalue weighted by atomic mass is 9.89. The Hall–Kier alpha value is -2.60. The summed E-state index contributed by atoms with van der Waals surface area (Å²) in [5.74, 6) is -0.238. The van der Waals surface area contributed by atoms with Crippen molar-refractivity contribution in [2.45, 2.75) is 39.2 Å². The SMILES string of the molecule is CC(C)C[C@@H](CO)CC(=O)[C@H](Cc1ccccc1)NC(=O)c1cnccn1. The van der Waals surface area contributed by atoms with E-state index in [-0.39, 0.29) is 30.4 Å². The Balaban J connectivity index is 2.13. The second-order valence-corrected chi connectivity index (χ2v) is 7.16. The number of aliphatic hydroxyl groups is 1. The number of amides is 1. The lowest BCUT2D eigenvalue weighted by Crippen LogP contribution is -2.43. The Labute approximate surface area is 160 Å². The molecule has 0 saturated heterocycles. The van der Waals surface area contributed by atoms with Gasteiger partial charge in [0.2, 0.25) is 0 Å². The number of carbonyl (C=O) groups is 2. The van der Waals surface area contributed by atoms with Crippen LogP contribution in [0.15, 0.2) is 48.9 Å². The Kier molecular flexibility index (Phi) is 8.07. The van der Waals surface area contributed by atoms with Crippen LogP contribution in [0.5, 0.6) is 0 Å². The van der Waals surface area contributed by atoms with E-state index in [2.05, 4.69) is 29.1 Å². The number of hydrogen-bond donors (Lipinski definition) is 2. The lowest BCUT2D eigenvalue weighted by molar-refractivity contribution is -0.122.